The van der Waals surface area contributed by atoms with Crippen LogP contribution >= 0.6 is 0 Å². The summed E-state index contributed by atoms with van der Waals surface area (Å²) in [5.74, 6) is 1.27. The van der Waals surface area contributed by atoms with Gasteiger partial charge in [0.25, 0.3) is 0 Å². The lowest BCUT2D eigenvalue weighted by Crippen LogP contribution is -2.47. The van der Waals surface area contributed by atoms with Crippen LogP contribution in [0.15, 0.2) is 24.3 Å². The van der Waals surface area contributed by atoms with Crippen LogP contribution < -0.4 is 15.5 Å². The number of nitrogens with zero attached hydrogens (tertiary/aromatic N) is 6. The van der Waals surface area contributed by atoms with E-state index in [1.54, 1.807) is 6.07 Å². The van der Waals surface area contributed by atoms with Gasteiger partial charge in [0.2, 0.25) is 11.9 Å². The number of nitrogen functional groups attached to an aromatic ring is 1. The molecule has 1 saturated heterocycles. The van der Waals surface area contributed by atoms with Crippen LogP contribution in [0.2, 0.25) is 0 Å². The van der Waals surface area contributed by atoms with E-state index in [0.29, 0.717) is 17.5 Å². The molecule has 1 aromatic carbocycles. The number of nitrogens with two attached hydrogens (primary N) is 1. The highest BCUT2D eigenvalue weighted by Gasteiger charge is 2.25. The van der Waals surface area contributed by atoms with Crippen molar-refractivity contribution in [2.75, 3.05) is 55.8 Å². The molecule has 0 spiro atoms. The van der Waals surface area contributed by atoms with Gasteiger partial charge in [-0.05, 0) is 19.1 Å². The molecule has 2 N–H and O–H groups in total. The monoisotopic (exact) mass is 345 g/mol. The molecule has 0 saturated carbocycles. The van der Waals surface area contributed by atoms with Crippen molar-refractivity contribution in [1.82, 2.24) is 19.9 Å². The van der Waals surface area contributed by atoms with E-state index in [-0.39, 0.29) is 17.8 Å². The fourth-order valence-electron chi connectivity index (χ4n) is 3.01. The number of aromatic nitrogens is 3. The Balaban J connectivity index is 1.70. The molecule has 3 rings (SSSR count). The molecule has 8 heteroatoms. The van der Waals surface area contributed by atoms with Gasteiger partial charge in [0, 0.05) is 40.3 Å². The number of benzene rings is 1. The summed E-state index contributed by atoms with van der Waals surface area (Å²) in [5, 5.41) is 0. The van der Waals surface area contributed by atoms with Crippen molar-refractivity contribution in [3.05, 3.63) is 35.9 Å². The Morgan fingerprint density at radius 3 is 2.40 bits per heavy atom. The van der Waals surface area contributed by atoms with Crippen LogP contribution in [-0.4, -0.2) is 60.1 Å². The van der Waals surface area contributed by atoms with Crippen molar-refractivity contribution in [3.63, 3.8) is 0 Å². The van der Waals surface area contributed by atoms with E-state index in [4.69, 9.17) is 5.73 Å². The van der Waals surface area contributed by atoms with Crippen molar-refractivity contribution in [2.45, 2.75) is 13.0 Å². The SMILES string of the molecule is CC(c1nc(N)nc(N(C)C)n1)N1CCN(c2ccccc2F)CC1. The number of hydrogen-bond acceptors (Lipinski definition) is 7. The molecule has 2 heterocycles. The molecule has 1 unspecified atom stereocenters. The second-order valence-electron chi connectivity index (χ2n) is 6.40. The van der Waals surface area contributed by atoms with Crippen molar-refractivity contribution < 1.29 is 4.39 Å². The number of anilines is 3. The fourth-order valence-corrected chi connectivity index (χ4v) is 3.01. The molecular weight excluding hydrogens is 321 g/mol. The van der Waals surface area contributed by atoms with E-state index in [1.165, 1.54) is 6.07 Å². The normalized spacial score (nSPS) is 16.7. The van der Waals surface area contributed by atoms with Gasteiger partial charge < -0.3 is 15.5 Å². The van der Waals surface area contributed by atoms with Crippen molar-refractivity contribution in [3.8, 4) is 0 Å². The van der Waals surface area contributed by atoms with Crippen molar-refractivity contribution >= 4 is 17.6 Å². The molecule has 0 aliphatic carbocycles. The molecule has 25 heavy (non-hydrogen) atoms. The number of halogens is 1. The molecule has 134 valence electrons. The molecule has 0 amide bonds. The lowest BCUT2D eigenvalue weighted by Gasteiger charge is -2.38. The third-order valence-corrected chi connectivity index (χ3v) is 4.49. The zero-order valence-electron chi connectivity index (χ0n) is 14.9. The van der Waals surface area contributed by atoms with Crippen LogP contribution in [-0.2, 0) is 0 Å². The molecule has 1 aliphatic rings. The summed E-state index contributed by atoms with van der Waals surface area (Å²) in [7, 11) is 3.74. The maximum Gasteiger partial charge on any atom is 0.229 e. The Hall–Kier alpha value is -2.48. The summed E-state index contributed by atoms with van der Waals surface area (Å²) in [6.07, 6.45) is 0. The number of hydrogen-bond donors (Lipinski definition) is 1. The Kier molecular flexibility index (Phi) is 4.98. The van der Waals surface area contributed by atoms with Crippen molar-refractivity contribution in [2.24, 2.45) is 0 Å². The second-order valence-corrected chi connectivity index (χ2v) is 6.40. The number of piperazine rings is 1. The minimum absolute atomic E-state index is 0.0202. The van der Waals surface area contributed by atoms with Gasteiger partial charge in [-0.25, -0.2) is 4.39 Å². The Labute approximate surface area is 147 Å². The molecule has 0 radical (unpaired) electrons. The van der Waals surface area contributed by atoms with Gasteiger partial charge in [-0.3, -0.25) is 4.90 Å². The minimum Gasteiger partial charge on any atom is -0.368 e. The van der Waals surface area contributed by atoms with Gasteiger partial charge in [-0.1, -0.05) is 12.1 Å². The highest BCUT2D eigenvalue weighted by molar-refractivity contribution is 5.48. The average Bonchev–Trinajstić information content (AvgIpc) is 2.61. The minimum atomic E-state index is -0.176. The first kappa shape index (κ1) is 17.3. The second kappa shape index (κ2) is 7.18. The Morgan fingerprint density at radius 1 is 1.08 bits per heavy atom. The van der Waals surface area contributed by atoms with Gasteiger partial charge in [-0.15, -0.1) is 0 Å². The molecule has 1 fully saturated rings. The van der Waals surface area contributed by atoms with Gasteiger partial charge in [0.15, 0.2) is 5.82 Å². The topological polar surface area (TPSA) is 74.4 Å². The first-order valence-electron chi connectivity index (χ1n) is 8.38. The molecule has 7 nitrogen and oxygen atoms in total. The van der Waals surface area contributed by atoms with Crippen LogP contribution in [0.25, 0.3) is 0 Å². The standard InChI is InChI=1S/C17H24FN7/c1-12(15-20-16(19)22-17(21-15)23(2)3)24-8-10-25(11-9-24)14-7-5-4-6-13(14)18/h4-7,12H,8-11H2,1-3H3,(H2,19,20,21,22). The quantitative estimate of drug-likeness (QED) is 0.901. The van der Waals surface area contributed by atoms with Gasteiger partial charge in [0.1, 0.15) is 5.82 Å². The van der Waals surface area contributed by atoms with Crippen molar-refractivity contribution in [1.29, 1.82) is 0 Å². The maximum absolute atomic E-state index is 14.0. The predicted octanol–water partition coefficient (Wildman–Crippen LogP) is 1.54. The molecule has 0 bridgehead atoms. The Morgan fingerprint density at radius 2 is 1.76 bits per heavy atom. The largest absolute Gasteiger partial charge is 0.368 e. The molecule has 1 atom stereocenters. The summed E-state index contributed by atoms with van der Waals surface area (Å²) in [4.78, 5) is 19.1. The van der Waals surface area contributed by atoms with E-state index in [9.17, 15) is 4.39 Å². The molecule has 1 aromatic heterocycles. The van der Waals surface area contributed by atoms with E-state index in [2.05, 4.69) is 31.7 Å². The molecule has 1 aliphatic heterocycles. The average molecular weight is 345 g/mol. The van der Waals surface area contributed by atoms with Crippen LogP contribution in [0.4, 0.5) is 22.0 Å². The van der Waals surface area contributed by atoms with Gasteiger partial charge >= 0.3 is 0 Å². The highest BCUT2D eigenvalue weighted by Crippen LogP contribution is 2.24. The number of rotatable bonds is 4. The maximum atomic E-state index is 14.0. The Bertz CT molecular complexity index is 729. The highest BCUT2D eigenvalue weighted by atomic mass is 19.1. The van der Waals surface area contributed by atoms with Crippen LogP contribution in [0, 0.1) is 5.82 Å². The van der Waals surface area contributed by atoms with E-state index in [1.807, 2.05) is 31.1 Å². The summed E-state index contributed by atoms with van der Waals surface area (Å²) < 4.78 is 14.0. The van der Waals surface area contributed by atoms with Crippen LogP contribution in [0.3, 0.4) is 0 Å². The fraction of sp³-hybridized carbons (Fsp3) is 0.471. The van der Waals surface area contributed by atoms with E-state index < -0.39 is 0 Å². The summed E-state index contributed by atoms with van der Waals surface area (Å²) in [5.41, 5.74) is 6.48. The predicted molar refractivity (Wildman–Crippen MR) is 97.2 cm³/mol. The smallest absolute Gasteiger partial charge is 0.229 e. The lowest BCUT2D eigenvalue weighted by molar-refractivity contribution is 0.191. The lowest BCUT2D eigenvalue weighted by atomic mass is 10.2. The first-order valence-corrected chi connectivity index (χ1v) is 8.38. The molecule has 2 aromatic rings. The van der Waals surface area contributed by atoms with Gasteiger partial charge in [0.05, 0.1) is 11.7 Å². The summed E-state index contributed by atoms with van der Waals surface area (Å²) in [6.45, 7) is 5.18. The summed E-state index contributed by atoms with van der Waals surface area (Å²) >= 11 is 0. The van der Waals surface area contributed by atoms with E-state index >= 15 is 0 Å². The third-order valence-electron chi connectivity index (χ3n) is 4.49. The number of para-hydroxylation sites is 1. The van der Waals surface area contributed by atoms with E-state index in [0.717, 1.165) is 26.2 Å². The zero-order valence-corrected chi connectivity index (χ0v) is 14.9. The molecular formula is C17H24FN7. The zero-order chi connectivity index (χ0) is 18.0. The van der Waals surface area contributed by atoms with Crippen LogP contribution in [0.1, 0.15) is 18.8 Å². The van der Waals surface area contributed by atoms with Gasteiger partial charge in [-0.2, -0.15) is 15.0 Å². The van der Waals surface area contributed by atoms with Crippen LogP contribution in [0.5, 0.6) is 0 Å². The third kappa shape index (κ3) is 3.79. The first-order chi connectivity index (χ1) is 12.0. The summed E-state index contributed by atoms with van der Waals surface area (Å²) in [6, 6.07) is 6.92.